The number of cyclic esters (lactones) is 1. The number of hydrogen-bond donors (Lipinski definition) is 0. The second-order valence-electron chi connectivity index (χ2n) is 7.32. The van der Waals surface area contributed by atoms with Crippen molar-refractivity contribution in [1.82, 2.24) is 0 Å². The molecule has 0 N–H and O–H groups in total. The van der Waals surface area contributed by atoms with E-state index in [1.807, 2.05) is 31.2 Å². The van der Waals surface area contributed by atoms with E-state index < -0.39 is 10.9 Å². The van der Waals surface area contributed by atoms with Gasteiger partial charge in [0.25, 0.3) is 5.69 Å². The first-order chi connectivity index (χ1) is 16.8. The van der Waals surface area contributed by atoms with Gasteiger partial charge in [-0.1, -0.05) is 12.1 Å². The molecule has 0 atom stereocenters. The van der Waals surface area contributed by atoms with Gasteiger partial charge in [-0.05, 0) is 99.0 Å². The number of hydrogen-bond acceptors (Lipinski definition) is 7. The molecule has 3 aromatic carbocycles. The average Bonchev–Trinajstić information content (AvgIpc) is 3.19. The van der Waals surface area contributed by atoms with Crippen LogP contribution in [0.4, 0.5) is 5.69 Å². The summed E-state index contributed by atoms with van der Waals surface area (Å²) in [7, 11) is 0. The van der Waals surface area contributed by atoms with Crippen LogP contribution in [0.15, 0.2) is 75.8 Å². The minimum atomic E-state index is -0.619. The normalized spacial score (nSPS) is 14.0. The van der Waals surface area contributed by atoms with Crippen LogP contribution in [0.25, 0.3) is 6.08 Å². The topological polar surface area (TPSA) is 100 Å². The lowest BCUT2D eigenvalue weighted by Crippen LogP contribution is -2.05. The molecule has 1 aliphatic heterocycles. The fourth-order valence-electron chi connectivity index (χ4n) is 3.27. The quantitative estimate of drug-likeness (QED) is 0.0937. The van der Waals surface area contributed by atoms with Crippen LogP contribution in [0.2, 0.25) is 0 Å². The maximum Gasteiger partial charge on any atom is 0.363 e. The van der Waals surface area contributed by atoms with Gasteiger partial charge in [0.15, 0.2) is 17.2 Å². The molecule has 1 heterocycles. The Bertz CT molecular complexity index is 1350. The maximum absolute atomic E-state index is 12.4. The summed E-state index contributed by atoms with van der Waals surface area (Å²) in [4.78, 5) is 27.0. The van der Waals surface area contributed by atoms with Crippen molar-refractivity contribution in [2.24, 2.45) is 4.99 Å². The molecule has 0 aromatic heterocycles. The van der Waals surface area contributed by atoms with E-state index in [1.165, 1.54) is 24.3 Å². The highest BCUT2D eigenvalue weighted by molar-refractivity contribution is 14.1. The number of non-ortho nitro benzene ring substituents is 1. The van der Waals surface area contributed by atoms with Gasteiger partial charge in [0.1, 0.15) is 6.61 Å². The van der Waals surface area contributed by atoms with Crippen molar-refractivity contribution in [1.29, 1.82) is 0 Å². The van der Waals surface area contributed by atoms with E-state index in [1.54, 1.807) is 18.2 Å². The Morgan fingerprint density at radius 3 is 2.60 bits per heavy atom. The highest BCUT2D eigenvalue weighted by Gasteiger charge is 2.25. The first-order valence-corrected chi connectivity index (χ1v) is 12.3. The molecule has 178 valence electrons. The van der Waals surface area contributed by atoms with E-state index in [9.17, 15) is 14.9 Å². The summed E-state index contributed by atoms with van der Waals surface area (Å²) >= 11 is 5.80. The Labute approximate surface area is 223 Å². The van der Waals surface area contributed by atoms with E-state index in [2.05, 4.69) is 43.5 Å². The van der Waals surface area contributed by atoms with Gasteiger partial charge in [0.05, 0.1) is 16.0 Å². The summed E-state index contributed by atoms with van der Waals surface area (Å²) in [6.45, 7) is 2.67. The van der Waals surface area contributed by atoms with Crippen molar-refractivity contribution in [2.75, 3.05) is 6.61 Å². The van der Waals surface area contributed by atoms with Crippen LogP contribution < -0.4 is 9.47 Å². The molecule has 0 aliphatic carbocycles. The molecular formula is C25H18BrIN2O6. The van der Waals surface area contributed by atoms with Gasteiger partial charge >= 0.3 is 5.97 Å². The highest BCUT2D eigenvalue weighted by atomic mass is 127. The van der Waals surface area contributed by atoms with Gasteiger partial charge in [-0.25, -0.2) is 9.79 Å². The van der Waals surface area contributed by atoms with Crippen LogP contribution in [0.1, 0.15) is 23.6 Å². The lowest BCUT2D eigenvalue weighted by molar-refractivity contribution is -0.384. The zero-order valence-electron chi connectivity index (χ0n) is 18.4. The zero-order valence-corrected chi connectivity index (χ0v) is 22.1. The summed E-state index contributed by atoms with van der Waals surface area (Å²) in [5, 5.41) is 10.9. The number of rotatable bonds is 8. The number of esters is 1. The smallest absolute Gasteiger partial charge is 0.363 e. The third kappa shape index (κ3) is 6.06. The predicted molar refractivity (Wildman–Crippen MR) is 143 cm³/mol. The van der Waals surface area contributed by atoms with Gasteiger partial charge in [0.2, 0.25) is 5.90 Å². The van der Waals surface area contributed by atoms with Gasteiger partial charge in [-0.2, -0.15) is 0 Å². The van der Waals surface area contributed by atoms with Crippen LogP contribution in [0, 0.1) is 13.7 Å². The largest absolute Gasteiger partial charge is 0.490 e. The maximum atomic E-state index is 12.4. The molecule has 0 fully saturated rings. The molecule has 0 bridgehead atoms. The summed E-state index contributed by atoms with van der Waals surface area (Å²) < 4.78 is 18.9. The third-order valence-corrected chi connectivity index (χ3v) is 6.11. The number of aliphatic imine (C=N–C) groups is 1. The lowest BCUT2D eigenvalue weighted by Gasteiger charge is -2.15. The van der Waals surface area contributed by atoms with Gasteiger partial charge in [0, 0.05) is 21.3 Å². The van der Waals surface area contributed by atoms with Crippen molar-refractivity contribution in [3.05, 3.63) is 101 Å². The minimum absolute atomic E-state index is 0.0629. The monoisotopic (exact) mass is 648 g/mol. The average molecular weight is 649 g/mol. The Balaban J connectivity index is 1.59. The number of nitro benzene ring substituents is 1. The van der Waals surface area contributed by atoms with Crippen LogP contribution >= 0.6 is 38.5 Å². The van der Waals surface area contributed by atoms with Crippen LogP contribution in [-0.4, -0.2) is 23.4 Å². The Morgan fingerprint density at radius 1 is 1.14 bits per heavy atom. The van der Waals surface area contributed by atoms with Gasteiger partial charge in [-0.3, -0.25) is 10.1 Å². The van der Waals surface area contributed by atoms with E-state index in [-0.39, 0.29) is 17.3 Å². The molecule has 10 heteroatoms. The van der Waals surface area contributed by atoms with Crippen LogP contribution in [0.5, 0.6) is 11.5 Å². The Hall–Kier alpha value is -3.25. The number of carbonyl (C=O) groups excluding carboxylic acids is 1. The van der Waals surface area contributed by atoms with Crippen molar-refractivity contribution in [2.45, 2.75) is 13.5 Å². The minimum Gasteiger partial charge on any atom is -0.490 e. The third-order valence-electron chi connectivity index (χ3n) is 4.85. The molecule has 0 radical (unpaired) electrons. The standard InChI is InChI=1S/C25H18BrIN2O6/c1-2-33-22-13-16(11-20(26)23(22)34-14-15-4-3-5-18(27)10-15)12-21-25(30)35-24(28-21)17-6-8-19(9-7-17)29(31)32/h3-13H,2,14H2,1H3/b21-12-. The SMILES string of the molecule is CCOc1cc(/C=C2\N=C(c3ccc([N+](=O)[O-])cc3)OC2=O)cc(Br)c1OCc1cccc(I)c1. The van der Waals surface area contributed by atoms with Gasteiger partial charge in [-0.15, -0.1) is 0 Å². The molecule has 0 saturated carbocycles. The molecule has 0 amide bonds. The zero-order chi connectivity index (χ0) is 24.9. The number of halogens is 2. The number of nitro groups is 1. The van der Waals surface area contributed by atoms with Crippen molar-refractivity contribution < 1.29 is 23.9 Å². The molecular weight excluding hydrogens is 631 g/mol. The van der Waals surface area contributed by atoms with Crippen molar-refractivity contribution in [3.63, 3.8) is 0 Å². The highest BCUT2D eigenvalue weighted by Crippen LogP contribution is 2.38. The Kier molecular flexibility index (Phi) is 7.81. The molecule has 4 rings (SSSR count). The van der Waals surface area contributed by atoms with Gasteiger partial charge < -0.3 is 14.2 Å². The lowest BCUT2D eigenvalue weighted by atomic mass is 10.1. The molecule has 0 saturated heterocycles. The number of ether oxygens (including phenoxy) is 3. The van der Waals surface area contributed by atoms with Crippen LogP contribution in [0.3, 0.4) is 0 Å². The van der Waals surface area contributed by atoms with E-state index in [0.29, 0.717) is 40.3 Å². The molecule has 35 heavy (non-hydrogen) atoms. The summed E-state index contributed by atoms with van der Waals surface area (Å²) in [6.07, 6.45) is 1.58. The molecule has 0 spiro atoms. The second kappa shape index (κ2) is 11.0. The van der Waals surface area contributed by atoms with Crippen LogP contribution in [-0.2, 0) is 16.1 Å². The fraction of sp³-hybridized carbons (Fsp3) is 0.120. The van der Waals surface area contributed by atoms with E-state index in [0.717, 1.165) is 9.13 Å². The molecule has 8 nitrogen and oxygen atoms in total. The predicted octanol–water partition coefficient (Wildman–Crippen LogP) is 6.28. The van der Waals surface area contributed by atoms with Crippen molar-refractivity contribution >= 4 is 62.2 Å². The first-order valence-electron chi connectivity index (χ1n) is 10.4. The molecule has 3 aromatic rings. The van der Waals surface area contributed by atoms with E-state index >= 15 is 0 Å². The second-order valence-corrected chi connectivity index (χ2v) is 9.42. The van der Waals surface area contributed by atoms with E-state index in [4.69, 9.17) is 14.2 Å². The number of benzene rings is 3. The Morgan fingerprint density at radius 2 is 1.91 bits per heavy atom. The molecule has 0 unspecified atom stereocenters. The summed E-state index contributed by atoms with van der Waals surface area (Å²) in [5.74, 6) is 0.534. The number of nitrogens with zero attached hydrogens (tertiary/aromatic N) is 2. The first kappa shape index (κ1) is 24.9. The van der Waals surface area contributed by atoms with Crippen molar-refractivity contribution in [3.8, 4) is 11.5 Å². The summed E-state index contributed by atoms with van der Waals surface area (Å²) in [6, 6.07) is 17.2. The summed E-state index contributed by atoms with van der Waals surface area (Å²) in [5.41, 5.74) is 2.18. The fourth-order valence-corrected chi connectivity index (χ4v) is 4.45. The molecule has 1 aliphatic rings. The number of carbonyl (C=O) groups is 1.